The molecule has 0 aromatic rings. The van der Waals surface area contributed by atoms with E-state index in [1.165, 1.54) is 0 Å². The van der Waals surface area contributed by atoms with Gasteiger partial charge in [-0.25, -0.2) is 0 Å². The molecule has 0 bridgehead atoms. The SMILES string of the molecule is N[C@@]1(C(=O)O)C[C@H]1Br. The van der Waals surface area contributed by atoms with Crippen LogP contribution < -0.4 is 5.73 Å². The second-order valence-corrected chi connectivity index (χ2v) is 3.12. The zero-order valence-corrected chi connectivity index (χ0v) is 5.68. The third-order valence-corrected chi connectivity index (χ3v) is 2.45. The standard InChI is InChI=1S/C4H6BrNO2/c5-2-1-4(2,6)3(7)8/h2H,1,6H2,(H,7,8)/t2-,4+/m1/s1. The maximum Gasteiger partial charge on any atom is 0.324 e. The number of carboxylic acids is 1. The molecule has 3 nitrogen and oxygen atoms in total. The van der Waals surface area contributed by atoms with Crippen LogP contribution in [0.25, 0.3) is 0 Å². The molecular formula is C4H6BrNO2. The van der Waals surface area contributed by atoms with Gasteiger partial charge < -0.3 is 10.8 Å². The van der Waals surface area contributed by atoms with Crippen molar-refractivity contribution in [3.63, 3.8) is 0 Å². The molecule has 0 unspecified atom stereocenters. The number of halogens is 1. The highest BCUT2D eigenvalue weighted by Crippen LogP contribution is 2.40. The number of carboxylic acid groups (broad SMARTS) is 1. The van der Waals surface area contributed by atoms with Crippen LogP contribution in [0, 0.1) is 0 Å². The van der Waals surface area contributed by atoms with E-state index < -0.39 is 11.5 Å². The summed E-state index contributed by atoms with van der Waals surface area (Å²) in [5.74, 6) is -0.917. The first-order valence-electron chi connectivity index (χ1n) is 2.24. The Morgan fingerprint density at radius 2 is 2.38 bits per heavy atom. The molecule has 46 valence electrons. The average Bonchev–Trinajstić information content (AvgIpc) is 2.17. The molecule has 1 rings (SSSR count). The van der Waals surface area contributed by atoms with Gasteiger partial charge in [-0.15, -0.1) is 0 Å². The van der Waals surface area contributed by atoms with Crippen molar-refractivity contribution in [2.75, 3.05) is 0 Å². The van der Waals surface area contributed by atoms with E-state index in [2.05, 4.69) is 15.9 Å². The van der Waals surface area contributed by atoms with Crippen LogP contribution in [0.5, 0.6) is 0 Å². The van der Waals surface area contributed by atoms with Gasteiger partial charge in [-0.05, 0) is 6.42 Å². The van der Waals surface area contributed by atoms with Gasteiger partial charge in [0, 0.05) is 4.83 Å². The van der Waals surface area contributed by atoms with E-state index in [0.29, 0.717) is 6.42 Å². The van der Waals surface area contributed by atoms with Crippen LogP contribution in [0.4, 0.5) is 0 Å². The molecule has 2 atom stereocenters. The molecule has 8 heavy (non-hydrogen) atoms. The smallest absolute Gasteiger partial charge is 0.324 e. The van der Waals surface area contributed by atoms with E-state index >= 15 is 0 Å². The summed E-state index contributed by atoms with van der Waals surface area (Å²) >= 11 is 3.10. The molecular weight excluding hydrogens is 174 g/mol. The average molecular weight is 180 g/mol. The molecule has 0 saturated heterocycles. The lowest BCUT2D eigenvalue weighted by molar-refractivity contribution is -0.139. The lowest BCUT2D eigenvalue weighted by Crippen LogP contribution is -2.35. The Morgan fingerprint density at radius 3 is 2.38 bits per heavy atom. The molecule has 1 aliphatic carbocycles. The summed E-state index contributed by atoms with van der Waals surface area (Å²) in [6.07, 6.45) is 0.544. The molecule has 1 aliphatic rings. The fraction of sp³-hybridized carbons (Fsp3) is 0.750. The Hall–Kier alpha value is -0.0900. The van der Waals surface area contributed by atoms with Crippen molar-refractivity contribution >= 4 is 21.9 Å². The Kier molecular flexibility index (Phi) is 1.09. The Morgan fingerprint density at radius 1 is 2.00 bits per heavy atom. The van der Waals surface area contributed by atoms with Gasteiger partial charge in [0.15, 0.2) is 0 Å². The van der Waals surface area contributed by atoms with Crippen molar-refractivity contribution in [2.24, 2.45) is 5.73 Å². The predicted molar refractivity (Wildman–Crippen MR) is 31.9 cm³/mol. The van der Waals surface area contributed by atoms with Crippen LogP contribution in [-0.4, -0.2) is 21.4 Å². The summed E-state index contributed by atoms with van der Waals surface area (Å²) in [6, 6.07) is 0. The number of aliphatic carboxylic acids is 1. The molecule has 0 aromatic carbocycles. The van der Waals surface area contributed by atoms with Gasteiger partial charge in [-0.3, -0.25) is 4.79 Å². The van der Waals surface area contributed by atoms with Crippen molar-refractivity contribution in [3.05, 3.63) is 0 Å². The highest BCUT2D eigenvalue weighted by Gasteiger charge is 2.56. The first-order valence-corrected chi connectivity index (χ1v) is 3.15. The number of carbonyl (C=O) groups is 1. The summed E-state index contributed by atoms with van der Waals surface area (Å²) < 4.78 is 0. The second-order valence-electron chi connectivity index (χ2n) is 2.02. The van der Waals surface area contributed by atoms with E-state index in [4.69, 9.17) is 10.8 Å². The molecule has 0 heterocycles. The maximum atomic E-state index is 10.1. The number of hydrogen-bond donors (Lipinski definition) is 2. The normalized spacial score (nSPS) is 44.0. The van der Waals surface area contributed by atoms with E-state index in [1.54, 1.807) is 0 Å². The van der Waals surface area contributed by atoms with Crippen LogP contribution in [0.15, 0.2) is 0 Å². The van der Waals surface area contributed by atoms with Gasteiger partial charge in [0.2, 0.25) is 0 Å². The molecule has 0 amide bonds. The molecule has 0 aliphatic heterocycles. The summed E-state index contributed by atoms with van der Waals surface area (Å²) in [6.45, 7) is 0. The van der Waals surface area contributed by atoms with E-state index in [0.717, 1.165) is 0 Å². The molecule has 3 N–H and O–H groups in total. The predicted octanol–water partition coefficient (Wildman–Crippen LogP) is -0.0643. The van der Waals surface area contributed by atoms with Crippen molar-refractivity contribution in [1.29, 1.82) is 0 Å². The lowest BCUT2D eigenvalue weighted by Gasteiger charge is -1.97. The van der Waals surface area contributed by atoms with E-state index in [1.807, 2.05) is 0 Å². The van der Waals surface area contributed by atoms with Crippen molar-refractivity contribution in [1.82, 2.24) is 0 Å². The quantitative estimate of drug-likeness (QED) is 0.555. The van der Waals surface area contributed by atoms with Crippen LogP contribution in [0.2, 0.25) is 0 Å². The molecule has 1 saturated carbocycles. The fourth-order valence-corrected chi connectivity index (χ4v) is 1.19. The molecule has 0 spiro atoms. The topological polar surface area (TPSA) is 63.3 Å². The minimum atomic E-state index is -0.958. The van der Waals surface area contributed by atoms with Gasteiger partial charge in [0.05, 0.1) is 0 Å². The summed E-state index contributed by atoms with van der Waals surface area (Å²) in [4.78, 5) is 10.1. The lowest BCUT2D eigenvalue weighted by atomic mass is 10.3. The van der Waals surface area contributed by atoms with Gasteiger partial charge in [0.1, 0.15) is 5.54 Å². The summed E-state index contributed by atoms with van der Waals surface area (Å²) in [5, 5.41) is 8.33. The zero-order chi connectivity index (χ0) is 6.36. The Labute approximate surface area is 55.0 Å². The highest BCUT2D eigenvalue weighted by atomic mass is 79.9. The monoisotopic (exact) mass is 179 g/mol. The van der Waals surface area contributed by atoms with Crippen molar-refractivity contribution in [3.8, 4) is 0 Å². The van der Waals surface area contributed by atoms with Crippen LogP contribution in [-0.2, 0) is 4.79 Å². The minimum absolute atomic E-state index is 0.0208. The minimum Gasteiger partial charge on any atom is -0.480 e. The second kappa shape index (κ2) is 1.45. The zero-order valence-electron chi connectivity index (χ0n) is 4.10. The highest BCUT2D eigenvalue weighted by molar-refractivity contribution is 9.09. The number of rotatable bonds is 1. The molecule has 0 radical (unpaired) electrons. The fourth-order valence-electron chi connectivity index (χ4n) is 0.459. The number of alkyl halides is 1. The van der Waals surface area contributed by atoms with Gasteiger partial charge in [-0.1, -0.05) is 15.9 Å². The summed E-state index contributed by atoms with van der Waals surface area (Å²) in [5.41, 5.74) is 4.33. The van der Waals surface area contributed by atoms with Crippen LogP contribution in [0.1, 0.15) is 6.42 Å². The number of nitrogens with two attached hydrogens (primary N) is 1. The first kappa shape index (κ1) is 6.04. The molecule has 4 heteroatoms. The Balaban J connectivity index is 2.60. The number of hydrogen-bond acceptors (Lipinski definition) is 2. The molecule has 0 aromatic heterocycles. The van der Waals surface area contributed by atoms with Gasteiger partial charge >= 0.3 is 5.97 Å². The third kappa shape index (κ3) is 0.641. The summed E-state index contributed by atoms with van der Waals surface area (Å²) in [7, 11) is 0. The maximum absolute atomic E-state index is 10.1. The van der Waals surface area contributed by atoms with Gasteiger partial charge in [0.25, 0.3) is 0 Å². The van der Waals surface area contributed by atoms with Crippen molar-refractivity contribution < 1.29 is 9.90 Å². The van der Waals surface area contributed by atoms with E-state index in [9.17, 15) is 4.79 Å². The van der Waals surface area contributed by atoms with Crippen molar-refractivity contribution in [2.45, 2.75) is 16.8 Å². The van der Waals surface area contributed by atoms with Crippen LogP contribution in [0.3, 0.4) is 0 Å². The van der Waals surface area contributed by atoms with E-state index in [-0.39, 0.29) is 4.83 Å². The first-order chi connectivity index (χ1) is 3.57. The van der Waals surface area contributed by atoms with Crippen LogP contribution >= 0.6 is 15.9 Å². The third-order valence-electron chi connectivity index (χ3n) is 1.31. The molecule has 1 fully saturated rings. The Bertz CT molecular complexity index is 138. The van der Waals surface area contributed by atoms with Gasteiger partial charge in [-0.2, -0.15) is 0 Å². The largest absolute Gasteiger partial charge is 0.480 e.